The Balaban J connectivity index is 2.15. The molecular weight excluding hydrogens is 298 g/mol. The number of halogens is 1. The molecule has 8 heteroatoms. The summed E-state index contributed by atoms with van der Waals surface area (Å²) >= 11 is 6.76. The van der Waals surface area contributed by atoms with Gasteiger partial charge in [0.1, 0.15) is 16.9 Å². The van der Waals surface area contributed by atoms with Crippen LogP contribution in [0.25, 0.3) is 0 Å². The van der Waals surface area contributed by atoms with E-state index in [1.165, 1.54) is 0 Å². The largest absolute Gasteiger partial charge is 0.342 e. The summed E-state index contributed by atoms with van der Waals surface area (Å²) in [5, 5.41) is 12.3. The molecule has 0 aliphatic carbocycles. The molecule has 0 fully saturated rings. The number of nitrogens with one attached hydrogen (secondary N) is 2. The number of alkyl halides is 1. The second kappa shape index (κ2) is 6.50. The van der Waals surface area contributed by atoms with Crippen LogP contribution in [-0.2, 0) is 0 Å². The molecule has 0 spiro atoms. The fraction of sp³-hybridized carbons (Fsp3) is 0.333. The van der Waals surface area contributed by atoms with Crippen LogP contribution in [0.15, 0.2) is 17.2 Å². The minimum Gasteiger partial charge on any atom is -0.342 e. The molecule has 0 aromatic carbocycles. The van der Waals surface area contributed by atoms with Gasteiger partial charge in [0.25, 0.3) is 5.56 Å². The molecule has 1 unspecified atom stereocenters. The van der Waals surface area contributed by atoms with Gasteiger partial charge in [0.05, 0.1) is 18.1 Å². The lowest BCUT2D eigenvalue weighted by atomic mass is 10.1. The molecule has 2 aromatic rings. The summed E-state index contributed by atoms with van der Waals surface area (Å²) in [5.41, 5.74) is 0.293. The van der Waals surface area contributed by atoms with Crippen LogP contribution >= 0.6 is 23.1 Å². The summed E-state index contributed by atoms with van der Waals surface area (Å²) in [6.45, 7) is 2.01. The molecule has 2 rings (SSSR count). The highest BCUT2D eigenvalue weighted by Crippen LogP contribution is 2.22. The fourth-order valence-electron chi connectivity index (χ4n) is 1.57. The van der Waals surface area contributed by atoms with Gasteiger partial charge in [-0.05, 0) is 18.0 Å². The van der Waals surface area contributed by atoms with E-state index in [0.29, 0.717) is 16.6 Å². The number of anilines is 2. The molecule has 0 bridgehead atoms. The van der Waals surface area contributed by atoms with Crippen LogP contribution in [0.5, 0.6) is 0 Å². The van der Waals surface area contributed by atoms with Gasteiger partial charge in [-0.15, -0.1) is 11.6 Å². The number of H-pyrrole nitrogens is 1. The summed E-state index contributed by atoms with van der Waals surface area (Å²) in [6, 6.07) is 1.86. The summed E-state index contributed by atoms with van der Waals surface area (Å²) in [7, 11) is 0. The Morgan fingerprint density at radius 1 is 1.55 bits per heavy atom. The number of aromatic nitrogens is 3. The zero-order valence-corrected chi connectivity index (χ0v) is 12.3. The van der Waals surface area contributed by atoms with Crippen molar-refractivity contribution in [1.82, 2.24) is 14.3 Å². The second-order valence-electron chi connectivity index (χ2n) is 4.18. The lowest BCUT2D eigenvalue weighted by Crippen LogP contribution is -2.04. The lowest BCUT2D eigenvalue weighted by molar-refractivity contribution is 0.682. The molecule has 2 aromatic heterocycles. The molecule has 0 amide bonds. The smallest absolute Gasteiger partial charge is 0.278 e. The summed E-state index contributed by atoms with van der Waals surface area (Å²) in [6.07, 6.45) is 4.06. The van der Waals surface area contributed by atoms with E-state index in [1.54, 1.807) is 12.4 Å². The van der Waals surface area contributed by atoms with Gasteiger partial charge in [0, 0.05) is 11.8 Å². The minimum atomic E-state index is -0.395. The first kappa shape index (κ1) is 14.5. The third kappa shape index (κ3) is 3.15. The third-order valence-corrected chi connectivity index (χ3v) is 3.74. The molecule has 0 saturated heterocycles. The highest BCUT2D eigenvalue weighted by molar-refractivity contribution is 7.10. The Hall–Kier alpha value is -1.91. The number of nitrogens with zero attached hydrogens (tertiary/aromatic N) is 3. The predicted octanol–water partition coefficient (Wildman–Crippen LogP) is 2.57. The summed E-state index contributed by atoms with van der Waals surface area (Å²) in [4.78, 5) is 19.8. The SMILES string of the molecule is CC(CCCl)c1ncc(Nc2s[nH]c(=O)c2C#N)cn1. The monoisotopic (exact) mass is 309 g/mol. The second-order valence-corrected chi connectivity index (χ2v) is 5.38. The topological polar surface area (TPSA) is 94.5 Å². The van der Waals surface area contributed by atoms with Crippen molar-refractivity contribution in [3.8, 4) is 6.07 Å². The first-order valence-corrected chi connectivity index (χ1v) is 7.27. The third-order valence-electron chi connectivity index (χ3n) is 2.72. The average molecular weight is 310 g/mol. The van der Waals surface area contributed by atoms with E-state index in [9.17, 15) is 4.79 Å². The van der Waals surface area contributed by atoms with Gasteiger partial charge < -0.3 is 5.32 Å². The Labute approximate surface area is 124 Å². The zero-order chi connectivity index (χ0) is 14.5. The number of hydrogen-bond donors (Lipinski definition) is 2. The van der Waals surface area contributed by atoms with Crippen molar-refractivity contribution in [1.29, 1.82) is 5.26 Å². The van der Waals surface area contributed by atoms with Crippen molar-refractivity contribution in [2.45, 2.75) is 19.3 Å². The molecule has 0 aliphatic heterocycles. The maximum atomic E-state index is 11.3. The van der Waals surface area contributed by atoms with Gasteiger partial charge >= 0.3 is 0 Å². The van der Waals surface area contributed by atoms with E-state index in [2.05, 4.69) is 19.7 Å². The molecule has 1 atom stereocenters. The highest BCUT2D eigenvalue weighted by Gasteiger charge is 2.11. The van der Waals surface area contributed by atoms with Crippen LogP contribution in [0.2, 0.25) is 0 Å². The Morgan fingerprint density at radius 2 is 2.25 bits per heavy atom. The number of hydrogen-bond acceptors (Lipinski definition) is 6. The molecular formula is C12H12ClN5OS. The molecule has 104 valence electrons. The van der Waals surface area contributed by atoms with Gasteiger partial charge in [0.2, 0.25) is 0 Å². The lowest BCUT2D eigenvalue weighted by Gasteiger charge is -2.08. The fourth-order valence-corrected chi connectivity index (χ4v) is 2.61. The van der Waals surface area contributed by atoms with E-state index in [-0.39, 0.29) is 11.5 Å². The predicted molar refractivity (Wildman–Crippen MR) is 78.7 cm³/mol. The van der Waals surface area contributed by atoms with Crippen LogP contribution < -0.4 is 10.9 Å². The van der Waals surface area contributed by atoms with Gasteiger partial charge in [-0.2, -0.15) is 5.26 Å². The molecule has 2 N–H and O–H groups in total. The standard InChI is InChI=1S/C12H12ClN5OS/c1-7(2-3-13)10-15-5-8(6-16-10)17-12-9(4-14)11(19)18-20-12/h5-7,17H,2-3H2,1H3,(H,18,19). The Bertz CT molecular complexity index is 672. The summed E-state index contributed by atoms with van der Waals surface area (Å²) in [5.74, 6) is 1.48. The molecule has 0 radical (unpaired) electrons. The van der Waals surface area contributed by atoms with Gasteiger partial charge in [-0.1, -0.05) is 6.92 Å². The first-order chi connectivity index (χ1) is 9.65. The van der Waals surface area contributed by atoms with E-state index in [4.69, 9.17) is 16.9 Å². The molecule has 20 heavy (non-hydrogen) atoms. The number of rotatable bonds is 5. The zero-order valence-electron chi connectivity index (χ0n) is 10.7. The maximum absolute atomic E-state index is 11.3. The minimum absolute atomic E-state index is 0.0644. The van der Waals surface area contributed by atoms with Gasteiger partial charge in [-0.3, -0.25) is 9.17 Å². The number of aromatic amines is 1. The quantitative estimate of drug-likeness (QED) is 0.828. The van der Waals surface area contributed by atoms with Crippen LogP contribution in [0.3, 0.4) is 0 Å². The van der Waals surface area contributed by atoms with E-state index in [0.717, 1.165) is 23.8 Å². The van der Waals surface area contributed by atoms with E-state index in [1.807, 2.05) is 13.0 Å². The Kier molecular flexibility index (Phi) is 4.71. The molecule has 0 aliphatic rings. The molecule has 0 saturated carbocycles. The van der Waals surface area contributed by atoms with Crippen molar-refractivity contribution in [3.63, 3.8) is 0 Å². The summed E-state index contributed by atoms with van der Waals surface area (Å²) < 4.78 is 2.50. The maximum Gasteiger partial charge on any atom is 0.278 e. The van der Waals surface area contributed by atoms with Crippen molar-refractivity contribution in [2.75, 3.05) is 11.2 Å². The van der Waals surface area contributed by atoms with E-state index >= 15 is 0 Å². The Morgan fingerprint density at radius 3 is 2.85 bits per heavy atom. The van der Waals surface area contributed by atoms with Crippen LogP contribution in [0.4, 0.5) is 10.7 Å². The van der Waals surface area contributed by atoms with Crippen molar-refractivity contribution in [3.05, 3.63) is 34.1 Å². The normalized spacial score (nSPS) is 11.8. The van der Waals surface area contributed by atoms with Crippen LogP contribution in [-0.4, -0.2) is 20.2 Å². The number of nitriles is 1. The first-order valence-electron chi connectivity index (χ1n) is 5.92. The molecule has 2 heterocycles. The van der Waals surface area contributed by atoms with Crippen molar-refractivity contribution in [2.24, 2.45) is 0 Å². The average Bonchev–Trinajstić information content (AvgIpc) is 2.80. The van der Waals surface area contributed by atoms with E-state index < -0.39 is 5.56 Å². The van der Waals surface area contributed by atoms with Gasteiger partial charge in [0.15, 0.2) is 5.56 Å². The van der Waals surface area contributed by atoms with Crippen LogP contribution in [0.1, 0.15) is 30.7 Å². The van der Waals surface area contributed by atoms with Crippen LogP contribution in [0, 0.1) is 11.3 Å². The molecule has 6 nitrogen and oxygen atoms in total. The highest BCUT2D eigenvalue weighted by atomic mass is 35.5. The van der Waals surface area contributed by atoms with Crippen molar-refractivity contribution < 1.29 is 0 Å². The van der Waals surface area contributed by atoms with Gasteiger partial charge in [-0.25, -0.2) is 9.97 Å². The van der Waals surface area contributed by atoms with Crippen molar-refractivity contribution >= 4 is 33.8 Å².